The van der Waals surface area contributed by atoms with Crippen molar-refractivity contribution in [3.63, 3.8) is 0 Å². The van der Waals surface area contributed by atoms with Crippen molar-refractivity contribution < 1.29 is 21.7 Å². The minimum Gasteiger partial charge on any atom is -0.373 e. The van der Waals surface area contributed by atoms with Gasteiger partial charge in [0.25, 0.3) is 0 Å². The summed E-state index contributed by atoms with van der Waals surface area (Å²) in [5, 5.41) is 1.42. The minimum absolute atomic E-state index is 0.00658. The molecule has 1 aliphatic heterocycles. The van der Waals surface area contributed by atoms with Gasteiger partial charge in [-0.05, 0) is 58.1 Å². The van der Waals surface area contributed by atoms with Crippen LogP contribution in [0.1, 0.15) is 32.8 Å². The number of sulfonamides is 1. The molecule has 0 unspecified atom stereocenters. The van der Waals surface area contributed by atoms with E-state index in [2.05, 4.69) is 32.3 Å². The van der Waals surface area contributed by atoms with Crippen molar-refractivity contribution >= 4 is 26.9 Å². The molecular formula is C26H43NO5SSi2. The first-order valence-corrected chi connectivity index (χ1v) is 19.5. The molecule has 0 bridgehead atoms. The standard InChI is InChI=1S/C26H43NO5SSi2/c1-9-30-35(31-10-2,32-11-3)26-17-23(34(6,7)8)16-21(5)24-18-27(19-25(24)26)33(28,29)22-14-12-20(4)13-15-22/h12-15,17,24-26H,5,9-11,16,18-19H2,1-4,6-8H3/t24-,25-,26+/m1/s1. The van der Waals surface area contributed by atoms with Gasteiger partial charge >= 0.3 is 8.80 Å². The van der Waals surface area contributed by atoms with Crippen LogP contribution in [0.4, 0.5) is 0 Å². The van der Waals surface area contributed by atoms with E-state index in [1.165, 1.54) is 5.20 Å². The SMILES string of the molecule is C=C1CC([Si](C)(C)C)=C[C@H]([Si](OCC)(OCC)OCC)[C@@H]2CN(S(=O)(=O)c3ccc(C)cc3)C[C@H]12. The largest absolute Gasteiger partial charge is 0.508 e. The van der Waals surface area contributed by atoms with Gasteiger partial charge in [-0.25, -0.2) is 8.42 Å². The Labute approximate surface area is 214 Å². The van der Waals surface area contributed by atoms with E-state index in [0.717, 1.165) is 17.6 Å². The van der Waals surface area contributed by atoms with Crippen LogP contribution in [-0.2, 0) is 23.3 Å². The number of fused-ring (bicyclic) bond motifs is 1. The Kier molecular flexibility index (Phi) is 9.06. The van der Waals surface area contributed by atoms with E-state index in [4.69, 9.17) is 13.3 Å². The van der Waals surface area contributed by atoms with E-state index in [9.17, 15) is 8.42 Å². The lowest BCUT2D eigenvalue weighted by Crippen LogP contribution is -2.53. The summed E-state index contributed by atoms with van der Waals surface area (Å²) >= 11 is 0. The van der Waals surface area contributed by atoms with Crippen LogP contribution >= 0.6 is 0 Å². The summed E-state index contributed by atoms with van der Waals surface area (Å²) in [6.07, 6.45) is 3.16. The lowest BCUT2D eigenvalue weighted by molar-refractivity contribution is 0.0583. The van der Waals surface area contributed by atoms with Gasteiger partial charge in [-0.15, -0.1) is 0 Å². The average Bonchev–Trinajstić information content (AvgIpc) is 3.17. The van der Waals surface area contributed by atoms with Crippen LogP contribution in [0.15, 0.2) is 52.6 Å². The smallest absolute Gasteiger partial charge is 0.373 e. The maximum atomic E-state index is 13.6. The Morgan fingerprint density at radius 1 is 0.971 bits per heavy atom. The molecule has 35 heavy (non-hydrogen) atoms. The highest BCUT2D eigenvalue weighted by Gasteiger charge is 2.57. The molecule has 1 aromatic rings. The molecule has 1 aromatic carbocycles. The first-order valence-electron chi connectivity index (χ1n) is 12.8. The van der Waals surface area contributed by atoms with Gasteiger partial charge < -0.3 is 13.3 Å². The number of rotatable bonds is 10. The number of benzene rings is 1. The quantitative estimate of drug-likeness (QED) is 0.295. The molecule has 0 radical (unpaired) electrons. The van der Waals surface area contributed by atoms with Crippen LogP contribution < -0.4 is 0 Å². The van der Waals surface area contributed by atoms with E-state index in [-0.39, 0.29) is 17.4 Å². The van der Waals surface area contributed by atoms with E-state index in [1.807, 2.05) is 39.8 Å². The highest BCUT2D eigenvalue weighted by molar-refractivity contribution is 7.89. The predicted molar refractivity (Wildman–Crippen MR) is 146 cm³/mol. The highest BCUT2D eigenvalue weighted by atomic mass is 32.2. The van der Waals surface area contributed by atoms with Crippen LogP contribution in [0.3, 0.4) is 0 Å². The number of hydrogen-bond donors (Lipinski definition) is 0. The maximum absolute atomic E-state index is 13.6. The third-order valence-corrected chi connectivity index (χ3v) is 14.8. The zero-order valence-corrected chi connectivity index (χ0v) is 25.3. The number of hydrogen-bond acceptors (Lipinski definition) is 5. The third-order valence-electron chi connectivity index (χ3n) is 7.18. The van der Waals surface area contributed by atoms with Crippen molar-refractivity contribution in [2.45, 2.75) is 64.2 Å². The van der Waals surface area contributed by atoms with Crippen molar-refractivity contribution in [3.05, 3.63) is 53.3 Å². The fourth-order valence-electron chi connectivity index (χ4n) is 5.31. The number of allylic oxidation sites excluding steroid dienone is 2. The number of nitrogens with zero attached hydrogens (tertiary/aromatic N) is 1. The topological polar surface area (TPSA) is 65.1 Å². The van der Waals surface area contributed by atoms with E-state index < -0.39 is 26.9 Å². The van der Waals surface area contributed by atoms with Gasteiger partial charge in [-0.1, -0.05) is 60.8 Å². The second-order valence-electron chi connectivity index (χ2n) is 10.6. The van der Waals surface area contributed by atoms with Crippen molar-refractivity contribution in [3.8, 4) is 0 Å². The van der Waals surface area contributed by atoms with Crippen LogP contribution in [0.2, 0.25) is 25.2 Å². The molecule has 0 spiro atoms. The maximum Gasteiger partial charge on any atom is 0.508 e. The van der Waals surface area contributed by atoms with Crippen LogP contribution in [0, 0.1) is 18.8 Å². The Morgan fingerprint density at radius 2 is 1.51 bits per heavy atom. The average molecular weight is 538 g/mol. The molecule has 0 saturated carbocycles. The lowest BCUT2D eigenvalue weighted by Gasteiger charge is -2.38. The molecule has 196 valence electrons. The second-order valence-corrected chi connectivity index (χ2v) is 20.4. The first kappa shape index (κ1) is 28.5. The van der Waals surface area contributed by atoms with Gasteiger partial charge in [0.2, 0.25) is 10.0 Å². The summed E-state index contributed by atoms with van der Waals surface area (Å²) in [5.74, 6) is 0.0199. The zero-order chi connectivity index (χ0) is 26.0. The zero-order valence-electron chi connectivity index (χ0n) is 22.5. The van der Waals surface area contributed by atoms with Crippen molar-refractivity contribution in [1.82, 2.24) is 4.31 Å². The second kappa shape index (κ2) is 11.1. The minimum atomic E-state index is -3.62. The highest BCUT2D eigenvalue weighted by Crippen LogP contribution is 2.50. The van der Waals surface area contributed by atoms with Gasteiger partial charge in [-0.2, -0.15) is 4.31 Å². The van der Waals surface area contributed by atoms with E-state index >= 15 is 0 Å². The summed E-state index contributed by atoms with van der Waals surface area (Å²) in [4.78, 5) is 0.336. The van der Waals surface area contributed by atoms with E-state index in [0.29, 0.717) is 37.8 Å². The summed E-state index contributed by atoms with van der Waals surface area (Å²) in [7, 11) is -8.43. The molecule has 0 N–H and O–H groups in total. The van der Waals surface area contributed by atoms with Crippen LogP contribution in [0.25, 0.3) is 0 Å². The fourth-order valence-corrected chi connectivity index (χ4v) is 11.7. The Balaban J connectivity index is 2.11. The molecule has 0 aromatic heterocycles. The molecule has 2 aliphatic rings. The Bertz CT molecular complexity index is 1020. The summed E-state index contributed by atoms with van der Waals surface area (Å²) in [6, 6.07) is 7.11. The monoisotopic (exact) mass is 537 g/mol. The molecule has 1 aliphatic carbocycles. The van der Waals surface area contributed by atoms with Gasteiger partial charge in [0.15, 0.2) is 0 Å². The third kappa shape index (κ3) is 5.92. The lowest BCUT2D eigenvalue weighted by atomic mass is 9.88. The summed E-state index contributed by atoms with van der Waals surface area (Å²) in [6.45, 7) is 21.7. The van der Waals surface area contributed by atoms with Gasteiger partial charge in [0.1, 0.15) is 0 Å². The Hall–Kier alpha value is -1.08. The van der Waals surface area contributed by atoms with Crippen molar-refractivity contribution in [2.75, 3.05) is 32.9 Å². The van der Waals surface area contributed by atoms with Crippen LogP contribution in [-0.4, -0.2) is 62.5 Å². The molecule has 3 atom stereocenters. The van der Waals surface area contributed by atoms with Crippen molar-refractivity contribution in [2.24, 2.45) is 11.8 Å². The molecule has 9 heteroatoms. The van der Waals surface area contributed by atoms with Gasteiger partial charge in [0, 0.05) is 32.9 Å². The molecule has 1 saturated heterocycles. The van der Waals surface area contributed by atoms with E-state index in [1.54, 1.807) is 16.4 Å². The normalized spacial score (nSPS) is 24.3. The van der Waals surface area contributed by atoms with Gasteiger partial charge in [-0.3, -0.25) is 0 Å². The molecule has 6 nitrogen and oxygen atoms in total. The summed E-state index contributed by atoms with van der Waals surface area (Å²) < 4.78 is 48.1. The number of aryl methyl sites for hydroxylation is 1. The predicted octanol–water partition coefficient (Wildman–Crippen LogP) is 5.41. The van der Waals surface area contributed by atoms with Crippen LogP contribution in [0.5, 0.6) is 0 Å². The van der Waals surface area contributed by atoms with Gasteiger partial charge in [0.05, 0.1) is 18.5 Å². The molecule has 1 fully saturated rings. The first-order chi connectivity index (χ1) is 16.4. The molecule has 3 rings (SSSR count). The summed E-state index contributed by atoms with van der Waals surface area (Å²) in [5.41, 5.74) is 2.03. The fraction of sp³-hybridized carbons (Fsp3) is 0.615. The molecule has 0 amide bonds. The van der Waals surface area contributed by atoms with Crippen molar-refractivity contribution in [1.29, 1.82) is 0 Å². The Morgan fingerprint density at radius 3 is 2.00 bits per heavy atom. The molecule has 1 heterocycles. The molecular weight excluding hydrogens is 495 g/mol.